The summed E-state index contributed by atoms with van der Waals surface area (Å²) in [7, 11) is 0. The maximum atomic E-state index is 10.8. The van der Waals surface area contributed by atoms with E-state index in [9.17, 15) is 10.1 Å². The summed E-state index contributed by atoms with van der Waals surface area (Å²) in [4.78, 5) is 16.9. The van der Waals surface area contributed by atoms with Crippen LogP contribution in [0.1, 0.15) is 44.3 Å². The lowest BCUT2D eigenvalue weighted by molar-refractivity contribution is -0.385. The number of hydrogen-bond acceptors (Lipinski definition) is 5. The Hall–Kier alpha value is -2.37. The van der Waals surface area contributed by atoms with Crippen LogP contribution in [-0.4, -0.2) is 16.5 Å². The zero-order chi connectivity index (χ0) is 16.4. The van der Waals surface area contributed by atoms with E-state index in [4.69, 9.17) is 4.42 Å². The molecule has 1 aliphatic heterocycles. The molecule has 1 fully saturated rings. The normalized spacial score (nSPS) is 21.4. The first-order valence-electron chi connectivity index (χ1n) is 8.04. The van der Waals surface area contributed by atoms with Crippen molar-refractivity contribution in [2.75, 3.05) is 11.4 Å². The largest absolute Gasteiger partial charge is 0.464 e. The van der Waals surface area contributed by atoms with Crippen LogP contribution in [0.25, 0.3) is 0 Å². The van der Waals surface area contributed by atoms with Crippen molar-refractivity contribution in [2.24, 2.45) is 5.92 Å². The molecule has 6 nitrogen and oxygen atoms in total. The van der Waals surface area contributed by atoms with Crippen LogP contribution in [-0.2, 0) is 6.42 Å². The smallest absolute Gasteiger partial charge is 0.287 e. The van der Waals surface area contributed by atoms with Gasteiger partial charge in [-0.2, -0.15) is 0 Å². The van der Waals surface area contributed by atoms with Gasteiger partial charge in [-0.3, -0.25) is 10.1 Å². The number of hydrogen-bond donors (Lipinski definition) is 0. The van der Waals surface area contributed by atoms with Gasteiger partial charge in [0.25, 0.3) is 5.69 Å². The highest BCUT2D eigenvalue weighted by atomic mass is 16.6. The first-order chi connectivity index (χ1) is 11.1. The Balaban J connectivity index is 1.89. The van der Waals surface area contributed by atoms with Gasteiger partial charge in [-0.05, 0) is 37.0 Å². The van der Waals surface area contributed by atoms with Crippen LogP contribution < -0.4 is 4.90 Å². The molecule has 0 amide bonds. The molecular formula is C17H21N3O3. The quantitative estimate of drug-likeness (QED) is 0.626. The number of aryl methyl sites for hydroxylation is 1. The van der Waals surface area contributed by atoms with E-state index >= 15 is 0 Å². The van der Waals surface area contributed by atoms with E-state index in [0.717, 1.165) is 43.1 Å². The number of rotatable bonds is 4. The Kier molecular flexibility index (Phi) is 4.32. The lowest BCUT2D eigenvalue weighted by atomic mass is 9.91. The van der Waals surface area contributed by atoms with Crippen molar-refractivity contribution in [1.29, 1.82) is 0 Å². The molecule has 0 saturated carbocycles. The van der Waals surface area contributed by atoms with Crippen molar-refractivity contribution in [2.45, 2.75) is 39.2 Å². The van der Waals surface area contributed by atoms with E-state index in [0.29, 0.717) is 5.92 Å². The molecule has 1 aliphatic rings. The standard InChI is InChI=1S/C17H21N3O3/c1-3-14-5-6-16(23-14)15-10-12(2)8-9-19(15)17-7-4-13(11-18-17)20(21)22/h4-7,11-12,15H,3,8-10H2,1-2H3. The van der Waals surface area contributed by atoms with E-state index in [1.54, 1.807) is 6.07 Å². The van der Waals surface area contributed by atoms with Crippen molar-refractivity contribution in [3.63, 3.8) is 0 Å². The number of nitro groups is 1. The molecule has 2 aromatic rings. The molecule has 6 heteroatoms. The molecule has 0 N–H and O–H groups in total. The molecule has 2 aromatic heterocycles. The van der Waals surface area contributed by atoms with Gasteiger partial charge in [0.15, 0.2) is 0 Å². The van der Waals surface area contributed by atoms with Gasteiger partial charge < -0.3 is 9.32 Å². The van der Waals surface area contributed by atoms with Gasteiger partial charge in [0.05, 0.1) is 11.0 Å². The molecule has 0 spiro atoms. The minimum atomic E-state index is -0.424. The van der Waals surface area contributed by atoms with Crippen molar-refractivity contribution in [3.05, 3.63) is 52.1 Å². The minimum Gasteiger partial charge on any atom is -0.464 e. The van der Waals surface area contributed by atoms with Crippen molar-refractivity contribution < 1.29 is 9.34 Å². The summed E-state index contributed by atoms with van der Waals surface area (Å²) in [6.45, 7) is 5.19. The van der Waals surface area contributed by atoms with Gasteiger partial charge in [0.2, 0.25) is 0 Å². The molecule has 0 bridgehead atoms. The summed E-state index contributed by atoms with van der Waals surface area (Å²) in [6.07, 6.45) is 4.27. The van der Waals surface area contributed by atoms with Crippen molar-refractivity contribution >= 4 is 11.5 Å². The molecule has 2 unspecified atom stereocenters. The number of pyridine rings is 1. The van der Waals surface area contributed by atoms with E-state index in [1.807, 2.05) is 12.1 Å². The van der Waals surface area contributed by atoms with E-state index < -0.39 is 4.92 Å². The highest BCUT2D eigenvalue weighted by Gasteiger charge is 2.31. The highest BCUT2D eigenvalue weighted by molar-refractivity contribution is 5.45. The number of anilines is 1. The van der Waals surface area contributed by atoms with E-state index in [2.05, 4.69) is 23.7 Å². The third-order valence-corrected chi connectivity index (χ3v) is 4.46. The predicted octanol–water partition coefficient (Wildman–Crippen LogP) is 4.12. The Bertz CT molecular complexity index is 681. The Morgan fingerprint density at radius 3 is 2.83 bits per heavy atom. The third-order valence-electron chi connectivity index (χ3n) is 4.46. The molecule has 1 saturated heterocycles. The van der Waals surface area contributed by atoms with Crippen LogP contribution in [0.5, 0.6) is 0 Å². The zero-order valence-corrected chi connectivity index (χ0v) is 13.4. The summed E-state index contributed by atoms with van der Waals surface area (Å²) in [5.41, 5.74) is 0.0157. The molecule has 2 atom stereocenters. The number of aromatic nitrogens is 1. The van der Waals surface area contributed by atoms with Crippen LogP contribution in [0.15, 0.2) is 34.9 Å². The predicted molar refractivity (Wildman–Crippen MR) is 87.5 cm³/mol. The van der Waals surface area contributed by atoms with Crippen molar-refractivity contribution in [3.8, 4) is 0 Å². The Morgan fingerprint density at radius 1 is 1.39 bits per heavy atom. The van der Waals surface area contributed by atoms with Crippen LogP contribution in [0.2, 0.25) is 0 Å². The fraction of sp³-hybridized carbons (Fsp3) is 0.471. The van der Waals surface area contributed by atoms with Crippen LogP contribution in [0.4, 0.5) is 11.5 Å². The third kappa shape index (κ3) is 3.21. The minimum absolute atomic E-state index is 0.0157. The van der Waals surface area contributed by atoms with Gasteiger partial charge in [0, 0.05) is 19.0 Å². The summed E-state index contributed by atoms with van der Waals surface area (Å²) in [6, 6.07) is 7.44. The van der Waals surface area contributed by atoms with Crippen LogP contribution in [0, 0.1) is 16.0 Å². The van der Waals surface area contributed by atoms with E-state index in [-0.39, 0.29) is 11.7 Å². The summed E-state index contributed by atoms with van der Waals surface area (Å²) >= 11 is 0. The monoisotopic (exact) mass is 315 g/mol. The number of piperidine rings is 1. The highest BCUT2D eigenvalue weighted by Crippen LogP contribution is 2.37. The SMILES string of the molecule is CCc1ccc(C2CC(C)CCN2c2ccc([N+](=O)[O-])cn2)o1. The van der Waals surface area contributed by atoms with Gasteiger partial charge >= 0.3 is 0 Å². The van der Waals surface area contributed by atoms with Gasteiger partial charge in [-0.25, -0.2) is 4.98 Å². The summed E-state index contributed by atoms with van der Waals surface area (Å²) in [5, 5.41) is 10.8. The Morgan fingerprint density at radius 2 is 2.22 bits per heavy atom. The lowest BCUT2D eigenvalue weighted by Crippen LogP contribution is -2.36. The molecule has 3 heterocycles. The van der Waals surface area contributed by atoms with Crippen LogP contribution >= 0.6 is 0 Å². The molecule has 23 heavy (non-hydrogen) atoms. The molecule has 0 aliphatic carbocycles. The fourth-order valence-electron chi connectivity index (χ4n) is 3.11. The maximum absolute atomic E-state index is 10.8. The van der Waals surface area contributed by atoms with Gasteiger partial charge in [-0.15, -0.1) is 0 Å². The van der Waals surface area contributed by atoms with Gasteiger partial charge in [0.1, 0.15) is 23.5 Å². The first kappa shape index (κ1) is 15.5. The number of nitrogens with zero attached hydrogens (tertiary/aromatic N) is 3. The van der Waals surface area contributed by atoms with Crippen molar-refractivity contribution in [1.82, 2.24) is 4.98 Å². The maximum Gasteiger partial charge on any atom is 0.287 e. The second-order valence-electron chi connectivity index (χ2n) is 6.13. The number of furan rings is 1. The average molecular weight is 315 g/mol. The van der Waals surface area contributed by atoms with Crippen LogP contribution in [0.3, 0.4) is 0 Å². The second kappa shape index (κ2) is 6.40. The topological polar surface area (TPSA) is 72.4 Å². The molecule has 3 rings (SSSR count). The van der Waals surface area contributed by atoms with Gasteiger partial charge in [-0.1, -0.05) is 13.8 Å². The molecule has 122 valence electrons. The molecule has 0 radical (unpaired) electrons. The second-order valence-corrected chi connectivity index (χ2v) is 6.13. The zero-order valence-electron chi connectivity index (χ0n) is 13.4. The lowest BCUT2D eigenvalue weighted by Gasteiger charge is -2.38. The average Bonchev–Trinajstić information content (AvgIpc) is 3.04. The summed E-state index contributed by atoms with van der Waals surface area (Å²) < 4.78 is 5.96. The van der Waals surface area contributed by atoms with E-state index in [1.165, 1.54) is 12.3 Å². The summed E-state index contributed by atoms with van der Waals surface area (Å²) in [5.74, 6) is 3.31. The first-order valence-corrected chi connectivity index (χ1v) is 8.04. The molecule has 0 aromatic carbocycles. The fourth-order valence-corrected chi connectivity index (χ4v) is 3.11. The molecular weight excluding hydrogens is 294 g/mol. The Labute approximate surface area is 135 Å².